The molecule has 0 aliphatic rings. The molecule has 0 saturated heterocycles. The van der Waals surface area contributed by atoms with Crippen LogP contribution in [0.2, 0.25) is 0 Å². The van der Waals surface area contributed by atoms with E-state index in [4.69, 9.17) is 0 Å². The van der Waals surface area contributed by atoms with Gasteiger partial charge in [0.15, 0.2) is 0 Å². The topological polar surface area (TPSA) is 17.1 Å². The Morgan fingerprint density at radius 3 is 2.77 bits per heavy atom. The van der Waals surface area contributed by atoms with E-state index in [2.05, 4.69) is 13.5 Å². The first-order valence-electron chi connectivity index (χ1n) is 4.47. The van der Waals surface area contributed by atoms with Crippen molar-refractivity contribution in [1.82, 2.24) is 0 Å². The fourth-order valence-electron chi connectivity index (χ4n) is 1.20. The molecule has 1 nitrogen and oxygen atoms in total. The Hall–Kier alpha value is -1.37. The van der Waals surface area contributed by atoms with Gasteiger partial charge in [-0.1, -0.05) is 43.3 Å². The molecule has 1 aromatic rings. The maximum absolute atomic E-state index is 10.7. The average molecular weight is 174 g/mol. The molecule has 1 heteroatoms. The smallest absolute Gasteiger partial charge is 0.150 e. The lowest BCUT2D eigenvalue weighted by atomic mass is 10.0. The molecule has 13 heavy (non-hydrogen) atoms. The van der Waals surface area contributed by atoms with Crippen LogP contribution in [0, 0.1) is 0 Å². The van der Waals surface area contributed by atoms with E-state index in [9.17, 15) is 4.79 Å². The lowest BCUT2D eigenvalue weighted by molar-refractivity contribution is 0.112. The third-order valence-corrected chi connectivity index (χ3v) is 2.12. The molecule has 0 fully saturated rings. The number of carbonyl (C=O) groups excluding carboxylic acids is 1. The number of benzene rings is 1. The van der Waals surface area contributed by atoms with Gasteiger partial charge in [0.1, 0.15) is 6.29 Å². The molecule has 0 aliphatic carbocycles. The molecule has 0 unspecified atom stereocenters. The maximum atomic E-state index is 10.7. The molecule has 68 valence electrons. The maximum Gasteiger partial charge on any atom is 0.150 e. The van der Waals surface area contributed by atoms with Gasteiger partial charge in [0.25, 0.3) is 0 Å². The fraction of sp³-hybridized carbons (Fsp3) is 0.250. The van der Waals surface area contributed by atoms with Crippen LogP contribution in [0.5, 0.6) is 0 Å². The van der Waals surface area contributed by atoms with Crippen molar-refractivity contribution in [2.75, 3.05) is 0 Å². The molecule has 0 saturated carbocycles. The summed E-state index contributed by atoms with van der Waals surface area (Å²) in [6, 6.07) is 7.64. The van der Waals surface area contributed by atoms with Crippen LogP contribution in [0.25, 0.3) is 0 Å². The highest BCUT2D eigenvalue weighted by Crippen LogP contribution is 2.12. The van der Waals surface area contributed by atoms with Gasteiger partial charge in [-0.05, 0) is 18.4 Å². The van der Waals surface area contributed by atoms with Crippen LogP contribution in [0.4, 0.5) is 0 Å². The Bertz CT molecular complexity index is 313. The first-order valence-corrected chi connectivity index (χ1v) is 4.47. The van der Waals surface area contributed by atoms with Gasteiger partial charge >= 0.3 is 0 Å². The predicted molar refractivity (Wildman–Crippen MR) is 55.0 cm³/mol. The van der Waals surface area contributed by atoms with Gasteiger partial charge in [-0.2, -0.15) is 0 Å². The Morgan fingerprint density at radius 2 is 2.15 bits per heavy atom. The number of rotatable bonds is 4. The monoisotopic (exact) mass is 174 g/mol. The van der Waals surface area contributed by atoms with E-state index in [0.717, 1.165) is 35.8 Å². The number of hydrogen-bond acceptors (Lipinski definition) is 1. The minimum absolute atomic E-state index is 0.775. The number of aldehydes is 1. The van der Waals surface area contributed by atoms with E-state index in [0.29, 0.717) is 0 Å². The van der Waals surface area contributed by atoms with Crippen molar-refractivity contribution in [3.63, 3.8) is 0 Å². The van der Waals surface area contributed by atoms with Crippen molar-refractivity contribution in [1.29, 1.82) is 0 Å². The molecule has 0 aliphatic heterocycles. The van der Waals surface area contributed by atoms with Crippen LogP contribution in [0.3, 0.4) is 0 Å². The SMILES string of the molecule is C=C(CC)Cc1ccccc1C=O. The van der Waals surface area contributed by atoms with E-state index in [-0.39, 0.29) is 0 Å². The summed E-state index contributed by atoms with van der Waals surface area (Å²) in [7, 11) is 0. The largest absolute Gasteiger partial charge is 0.298 e. The van der Waals surface area contributed by atoms with E-state index in [1.807, 2.05) is 24.3 Å². The predicted octanol–water partition coefficient (Wildman–Crippen LogP) is 3.01. The van der Waals surface area contributed by atoms with Gasteiger partial charge in [0.05, 0.1) is 0 Å². The molecule has 1 rings (SSSR count). The molecule has 0 atom stereocenters. The standard InChI is InChI=1S/C12H14O/c1-3-10(2)8-11-6-4-5-7-12(11)9-13/h4-7,9H,2-3,8H2,1H3. The van der Waals surface area contributed by atoms with Gasteiger partial charge in [-0.3, -0.25) is 4.79 Å². The van der Waals surface area contributed by atoms with Gasteiger partial charge in [0.2, 0.25) is 0 Å². The second-order valence-corrected chi connectivity index (χ2v) is 3.10. The van der Waals surface area contributed by atoms with Crippen molar-refractivity contribution in [3.05, 3.63) is 47.5 Å². The van der Waals surface area contributed by atoms with Crippen LogP contribution >= 0.6 is 0 Å². The molecular formula is C12H14O. The summed E-state index contributed by atoms with van der Waals surface area (Å²) in [5.41, 5.74) is 3.01. The second kappa shape index (κ2) is 4.61. The normalized spacial score (nSPS) is 9.62. The van der Waals surface area contributed by atoms with Crippen molar-refractivity contribution >= 4 is 6.29 Å². The lowest BCUT2D eigenvalue weighted by Crippen LogP contribution is -1.93. The van der Waals surface area contributed by atoms with Crippen LogP contribution < -0.4 is 0 Å². The van der Waals surface area contributed by atoms with Gasteiger partial charge in [-0.25, -0.2) is 0 Å². The minimum Gasteiger partial charge on any atom is -0.298 e. The highest BCUT2D eigenvalue weighted by Gasteiger charge is 2.00. The third-order valence-electron chi connectivity index (χ3n) is 2.12. The Labute approximate surface area is 79.1 Å². The first kappa shape index (κ1) is 9.72. The highest BCUT2D eigenvalue weighted by molar-refractivity contribution is 5.77. The Morgan fingerprint density at radius 1 is 1.46 bits per heavy atom. The van der Waals surface area contributed by atoms with Crippen LogP contribution in [-0.2, 0) is 6.42 Å². The van der Waals surface area contributed by atoms with E-state index in [1.165, 1.54) is 0 Å². The van der Waals surface area contributed by atoms with Crippen molar-refractivity contribution < 1.29 is 4.79 Å². The minimum atomic E-state index is 0.775. The zero-order valence-electron chi connectivity index (χ0n) is 7.92. The summed E-state index contributed by atoms with van der Waals surface area (Å²) < 4.78 is 0. The average Bonchev–Trinajstić information content (AvgIpc) is 2.18. The first-order chi connectivity index (χ1) is 6.27. The molecule has 0 radical (unpaired) electrons. The molecule has 0 spiro atoms. The molecule has 0 aromatic heterocycles. The van der Waals surface area contributed by atoms with E-state index in [1.54, 1.807) is 0 Å². The summed E-state index contributed by atoms with van der Waals surface area (Å²) in [5.74, 6) is 0. The molecule has 0 bridgehead atoms. The summed E-state index contributed by atoms with van der Waals surface area (Å²) in [6.07, 6.45) is 2.68. The third kappa shape index (κ3) is 2.55. The summed E-state index contributed by atoms with van der Waals surface area (Å²) in [4.78, 5) is 10.7. The fourth-order valence-corrected chi connectivity index (χ4v) is 1.20. The quantitative estimate of drug-likeness (QED) is 0.506. The summed E-state index contributed by atoms with van der Waals surface area (Å²) >= 11 is 0. The van der Waals surface area contributed by atoms with E-state index >= 15 is 0 Å². The van der Waals surface area contributed by atoms with E-state index < -0.39 is 0 Å². The Kier molecular flexibility index (Phi) is 3.44. The summed E-state index contributed by atoms with van der Waals surface area (Å²) in [5, 5.41) is 0. The zero-order valence-corrected chi connectivity index (χ0v) is 7.92. The van der Waals surface area contributed by atoms with Gasteiger partial charge in [0, 0.05) is 5.56 Å². The van der Waals surface area contributed by atoms with Crippen molar-refractivity contribution in [3.8, 4) is 0 Å². The van der Waals surface area contributed by atoms with Crippen molar-refractivity contribution in [2.24, 2.45) is 0 Å². The number of carbonyl (C=O) groups is 1. The molecule has 0 heterocycles. The second-order valence-electron chi connectivity index (χ2n) is 3.10. The number of allylic oxidation sites excluding steroid dienone is 1. The summed E-state index contributed by atoms with van der Waals surface area (Å²) in [6.45, 7) is 6.00. The molecule has 0 amide bonds. The van der Waals surface area contributed by atoms with Gasteiger partial charge in [-0.15, -0.1) is 0 Å². The van der Waals surface area contributed by atoms with Crippen LogP contribution in [0.15, 0.2) is 36.4 Å². The molecule has 0 N–H and O–H groups in total. The Balaban J connectivity index is 2.87. The lowest BCUT2D eigenvalue weighted by Gasteiger charge is -2.04. The zero-order chi connectivity index (χ0) is 9.68. The highest BCUT2D eigenvalue weighted by atomic mass is 16.1. The van der Waals surface area contributed by atoms with Crippen LogP contribution in [-0.4, -0.2) is 6.29 Å². The molecule has 1 aromatic carbocycles. The number of hydrogen-bond donors (Lipinski definition) is 0. The molecular weight excluding hydrogens is 160 g/mol. The van der Waals surface area contributed by atoms with Crippen LogP contribution in [0.1, 0.15) is 29.3 Å². The van der Waals surface area contributed by atoms with Gasteiger partial charge < -0.3 is 0 Å². The van der Waals surface area contributed by atoms with Crippen molar-refractivity contribution in [2.45, 2.75) is 19.8 Å².